The average Bonchev–Trinajstić information content (AvgIpc) is 3.71. The molecule has 2 aliphatic rings. The van der Waals surface area contributed by atoms with Crippen LogP contribution in [0.1, 0.15) is 41.9 Å². The number of benzene rings is 2. The Morgan fingerprint density at radius 1 is 1.00 bits per heavy atom. The first-order chi connectivity index (χ1) is 23.2. The van der Waals surface area contributed by atoms with Gasteiger partial charge in [-0.15, -0.1) is 0 Å². The van der Waals surface area contributed by atoms with Crippen molar-refractivity contribution in [3.8, 4) is 0 Å². The van der Waals surface area contributed by atoms with Crippen LogP contribution in [-0.4, -0.2) is 75.7 Å². The zero-order valence-corrected chi connectivity index (χ0v) is 27.0. The fourth-order valence-corrected chi connectivity index (χ4v) is 6.85. The summed E-state index contributed by atoms with van der Waals surface area (Å²) in [6, 6.07) is 15.4. The summed E-state index contributed by atoms with van der Waals surface area (Å²) >= 11 is 0. The molecule has 0 unspecified atom stereocenters. The number of carboxylic acids is 1. The first kappa shape index (κ1) is 33.1. The highest BCUT2D eigenvalue weighted by molar-refractivity contribution is 5.92. The molecule has 2 aromatic carbocycles. The fraction of sp³-hybridized carbons (Fsp3) is 0.389. The van der Waals surface area contributed by atoms with Crippen molar-refractivity contribution in [1.29, 1.82) is 0 Å². The van der Waals surface area contributed by atoms with E-state index in [4.69, 9.17) is 0 Å². The SMILES string of the molecule is Cc1ccc(Cn2ccnc2NC(=O)[C@@H]2CN(CCCNc3ccccn3)C[C@H]2c2ccc(F)cc2F)c(N2CCC(C(=O)O)CC2)c1. The highest BCUT2D eigenvalue weighted by Gasteiger charge is 2.40. The summed E-state index contributed by atoms with van der Waals surface area (Å²) in [4.78, 5) is 38.5. The maximum atomic E-state index is 15.1. The molecule has 12 heteroatoms. The number of carbonyl (C=O) groups is 2. The van der Waals surface area contributed by atoms with Crippen molar-refractivity contribution >= 4 is 29.3 Å². The molecule has 2 fully saturated rings. The van der Waals surface area contributed by atoms with Gasteiger partial charge in [-0.3, -0.25) is 14.9 Å². The Bertz CT molecular complexity index is 1730. The molecule has 0 aliphatic carbocycles. The lowest BCUT2D eigenvalue weighted by Gasteiger charge is -2.33. The molecule has 2 saturated heterocycles. The van der Waals surface area contributed by atoms with E-state index in [2.05, 4.69) is 42.5 Å². The molecule has 2 aromatic heterocycles. The minimum absolute atomic E-state index is 0.273. The van der Waals surface area contributed by atoms with Gasteiger partial charge in [0.25, 0.3) is 0 Å². The predicted octanol–water partition coefficient (Wildman–Crippen LogP) is 5.37. The highest BCUT2D eigenvalue weighted by Crippen LogP contribution is 2.36. The van der Waals surface area contributed by atoms with Crippen LogP contribution in [0.25, 0.3) is 0 Å². The maximum Gasteiger partial charge on any atom is 0.306 e. The molecule has 4 aromatic rings. The number of piperidine rings is 1. The van der Waals surface area contributed by atoms with E-state index in [0.29, 0.717) is 70.2 Å². The smallest absolute Gasteiger partial charge is 0.306 e. The van der Waals surface area contributed by atoms with E-state index < -0.39 is 29.4 Å². The van der Waals surface area contributed by atoms with Gasteiger partial charge < -0.3 is 24.8 Å². The number of aryl methyl sites for hydroxylation is 1. The number of aromatic nitrogens is 3. The minimum atomic E-state index is -0.745. The highest BCUT2D eigenvalue weighted by atomic mass is 19.1. The summed E-state index contributed by atoms with van der Waals surface area (Å²) in [5.74, 6) is -2.53. The summed E-state index contributed by atoms with van der Waals surface area (Å²) in [5, 5.41) is 15.8. The minimum Gasteiger partial charge on any atom is -0.481 e. The van der Waals surface area contributed by atoms with Gasteiger partial charge in [-0.25, -0.2) is 18.7 Å². The van der Waals surface area contributed by atoms with Crippen LogP contribution in [0.2, 0.25) is 0 Å². The molecule has 3 N–H and O–H groups in total. The van der Waals surface area contributed by atoms with Crippen molar-refractivity contribution in [2.75, 3.05) is 54.8 Å². The van der Waals surface area contributed by atoms with Gasteiger partial charge >= 0.3 is 5.97 Å². The number of nitrogens with zero attached hydrogens (tertiary/aromatic N) is 5. The summed E-state index contributed by atoms with van der Waals surface area (Å²) in [7, 11) is 0. The van der Waals surface area contributed by atoms with Crippen molar-refractivity contribution < 1.29 is 23.5 Å². The first-order valence-electron chi connectivity index (χ1n) is 16.5. The largest absolute Gasteiger partial charge is 0.481 e. The van der Waals surface area contributed by atoms with Crippen LogP contribution < -0.4 is 15.5 Å². The number of aliphatic carboxylic acids is 1. The van der Waals surface area contributed by atoms with Crippen molar-refractivity contribution in [2.45, 2.75) is 38.6 Å². The van der Waals surface area contributed by atoms with Crippen LogP contribution in [0.4, 0.5) is 26.2 Å². The van der Waals surface area contributed by atoms with E-state index in [0.717, 1.165) is 35.1 Å². The van der Waals surface area contributed by atoms with Crippen LogP contribution in [0.5, 0.6) is 0 Å². The second-order valence-corrected chi connectivity index (χ2v) is 12.7. The number of hydrogen-bond acceptors (Lipinski definition) is 7. The van der Waals surface area contributed by atoms with E-state index in [1.807, 2.05) is 42.0 Å². The third-order valence-electron chi connectivity index (χ3n) is 9.43. The lowest BCUT2D eigenvalue weighted by atomic mass is 9.88. The molecule has 252 valence electrons. The molecule has 10 nitrogen and oxygen atoms in total. The van der Waals surface area contributed by atoms with Crippen molar-refractivity contribution in [3.05, 3.63) is 102 Å². The lowest BCUT2D eigenvalue weighted by molar-refractivity contribution is -0.142. The predicted molar refractivity (Wildman–Crippen MR) is 180 cm³/mol. The summed E-state index contributed by atoms with van der Waals surface area (Å²) < 4.78 is 30.8. The van der Waals surface area contributed by atoms with Gasteiger partial charge in [0.2, 0.25) is 11.9 Å². The zero-order valence-electron chi connectivity index (χ0n) is 27.0. The van der Waals surface area contributed by atoms with E-state index in [-0.39, 0.29) is 11.8 Å². The lowest BCUT2D eigenvalue weighted by Crippen LogP contribution is -2.37. The van der Waals surface area contributed by atoms with E-state index in [1.165, 1.54) is 12.1 Å². The summed E-state index contributed by atoms with van der Waals surface area (Å²) in [6.45, 7) is 6.05. The fourth-order valence-electron chi connectivity index (χ4n) is 6.85. The number of hydrogen-bond donors (Lipinski definition) is 3. The molecular formula is C36H41F2N7O3. The Morgan fingerprint density at radius 3 is 2.58 bits per heavy atom. The number of imidazole rings is 1. The second-order valence-electron chi connectivity index (χ2n) is 12.7. The van der Waals surface area contributed by atoms with Crippen LogP contribution in [0.3, 0.4) is 0 Å². The topological polar surface area (TPSA) is 116 Å². The van der Waals surface area contributed by atoms with Gasteiger partial charge in [-0.05, 0) is 73.7 Å². The maximum absolute atomic E-state index is 15.1. The number of pyridine rings is 1. The Kier molecular flexibility index (Phi) is 10.3. The van der Waals surface area contributed by atoms with Gasteiger partial charge in [0.05, 0.1) is 18.4 Å². The van der Waals surface area contributed by atoms with Crippen LogP contribution in [0.15, 0.2) is 73.2 Å². The molecule has 0 spiro atoms. The van der Waals surface area contributed by atoms with Gasteiger partial charge in [-0.2, -0.15) is 0 Å². The van der Waals surface area contributed by atoms with E-state index in [1.54, 1.807) is 12.4 Å². The van der Waals surface area contributed by atoms with Crippen molar-refractivity contribution in [2.24, 2.45) is 11.8 Å². The summed E-state index contributed by atoms with van der Waals surface area (Å²) in [5.41, 5.74) is 3.50. The Hall–Kier alpha value is -4.84. The molecule has 2 aliphatic heterocycles. The molecule has 6 rings (SSSR count). The molecule has 48 heavy (non-hydrogen) atoms. The number of amides is 1. The number of likely N-dealkylation sites (tertiary alicyclic amines) is 1. The third kappa shape index (κ3) is 7.82. The monoisotopic (exact) mass is 657 g/mol. The van der Waals surface area contributed by atoms with Gasteiger partial charge in [0.1, 0.15) is 17.5 Å². The van der Waals surface area contributed by atoms with E-state index in [9.17, 15) is 19.1 Å². The van der Waals surface area contributed by atoms with E-state index >= 15 is 4.39 Å². The standard InChI is InChI=1S/C36H41F2N7O3/c1-24-6-7-26(32(19-24)44-16-10-25(11-17-44)35(47)48)21-45-18-14-41-36(45)42-34(46)30-23-43(15-4-13-40-33-5-2-3-12-39-33)22-29(30)28-9-8-27(37)20-31(28)38/h2-3,5-9,12,14,18-20,25,29-30H,4,10-11,13,15-17,21-23H2,1H3,(H,39,40)(H,47,48)(H,41,42,46)/t29-,30+/m0/s1. The van der Waals surface area contributed by atoms with Crippen LogP contribution in [0, 0.1) is 30.4 Å². The van der Waals surface area contributed by atoms with Crippen molar-refractivity contribution in [1.82, 2.24) is 19.4 Å². The molecule has 2 atom stereocenters. The Morgan fingerprint density at radius 2 is 1.83 bits per heavy atom. The van der Waals surface area contributed by atoms with Gasteiger partial charge in [0.15, 0.2) is 0 Å². The normalized spacial score (nSPS) is 18.6. The number of carboxylic acid groups (broad SMARTS) is 1. The first-order valence-corrected chi connectivity index (χ1v) is 16.5. The number of anilines is 3. The van der Waals surface area contributed by atoms with Gasteiger partial charge in [-0.1, -0.05) is 24.3 Å². The van der Waals surface area contributed by atoms with Crippen LogP contribution in [-0.2, 0) is 16.1 Å². The van der Waals surface area contributed by atoms with Gasteiger partial charge in [0, 0.05) is 69.0 Å². The molecule has 4 heterocycles. The van der Waals surface area contributed by atoms with Crippen LogP contribution >= 0.6 is 0 Å². The number of nitrogens with one attached hydrogen (secondary N) is 2. The summed E-state index contributed by atoms with van der Waals surface area (Å²) in [6.07, 6.45) is 7.14. The average molecular weight is 658 g/mol. The number of carbonyl (C=O) groups excluding carboxylic acids is 1. The Labute approximate surface area is 278 Å². The quantitative estimate of drug-likeness (QED) is 0.174. The molecular weight excluding hydrogens is 616 g/mol. The number of halogens is 2. The molecule has 0 radical (unpaired) electrons. The third-order valence-corrected chi connectivity index (χ3v) is 9.43. The molecule has 0 bridgehead atoms. The molecule has 0 saturated carbocycles. The second kappa shape index (κ2) is 14.9. The molecule has 1 amide bonds. The van der Waals surface area contributed by atoms with Crippen molar-refractivity contribution in [3.63, 3.8) is 0 Å². The zero-order chi connectivity index (χ0) is 33.6. The Balaban J connectivity index is 1.15. The number of rotatable bonds is 12.